The van der Waals surface area contributed by atoms with E-state index in [1.807, 2.05) is 69.0 Å². The molecule has 29 heavy (non-hydrogen) atoms. The molecule has 0 spiro atoms. The standard InChI is InChI=1S/C23H25N3O3/c1-14(2)28-19-8-6-17(7-9-19)22-24-23(29-25-22)18-12-21(27)26(13-18)20-10-5-15(3)11-16(20)4/h5-11,14,18H,12-13H2,1-4H3. The molecule has 1 aliphatic heterocycles. The zero-order valence-electron chi connectivity index (χ0n) is 17.2. The molecule has 0 radical (unpaired) electrons. The van der Waals surface area contributed by atoms with Crippen LogP contribution in [0, 0.1) is 13.8 Å². The van der Waals surface area contributed by atoms with Crippen LogP contribution in [0.2, 0.25) is 0 Å². The Bertz CT molecular complexity index is 1020. The number of rotatable bonds is 5. The molecule has 3 aromatic rings. The van der Waals surface area contributed by atoms with E-state index in [-0.39, 0.29) is 17.9 Å². The number of aryl methyl sites for hydroxylation is 2. The number of ether oxygens (including phenoxy) is 1. The van der Waals surface area contributed by atoms with E-state index in [1.54, 1.807) is 0 Å². The molecule has 0 saturated carbocycles. The quantitative estimate of drug-likeness (QED) is 0.633. The Balaban J connectivity index is 1.50. The molecule has 1 aliphatic rings. The van der Waals surface area contributed by atoms with Gasteiger partial charge < -0.3 is 14.2 Å². The molecule has 1 amide bonds. The zero-order valence-corrected chi connectivity index (χ0v) is 17.2. The summed E-state index contributed by atoms with van der Waals surface area (Å²) in [5, 5.41) is 4.12. The highest BCUT2D eigenvalue weighted by Crippen LogP contribution is 2.33. The number of carbonyl (C=O) groups excluding carboxylic acids is 1. The van der Waals surface area contributed by atoms with Gasteiger partial charge in [0.15, 0.2) is 0 Å². The molecule has 2 aromatic carbocycles. The number of aromatic nitrogens is 2. The van der Waals surface area contributed by atoms with Crippen molar-refractivity contribution in [2.45, 2.75) is 46.1 Å². The van der Waals surface area contributed by atoms with Crippen molar-refractivity contribution in [3.8, 4) is 17.1 Å². The highest BCUT2D eigenvalue weighted by molar-refractivity contribution is 5.97. The molecule has 150 valence electrons. The smallest absolute Gasteiger partial charge is 0.232 e. The van der Waals surface area contributed by atoms with Crippen LogP contribution < -0.4 is 9.64 Å². The number of hydrogen-bond donors (Lipinski definition) is 0. The predicted octanol–water partition coefficient (Wildman–Crippen LogP) is 4.66. The molecule has 0 bridgehead atoms. The Labute approximate surface area is 170 Å². The van der Waals surface area contributed by atoms with Crippen LogP contribution in [0.15, 0.2) is 47.0 Å². The van der Waals surface area contributed by atoms with E-state index in [0.29, 0.717) is 24.7 Å². The van der Waals surface area contributed by atoms with E-state index in [4.69, 9.17) is 9.26 Å². The molecule has 1 unspecified atom stereocenters. The first-order chi connectivity index (χ1) is 13.9. The van der Waals surface area contributed by atoms with Crippen molar-refractivity contribution in [2.75, 3.05) is 11.4 Å². The second kappa shape index (κ2) is 7.70. The van der Waals surface area contributed by atoms with Crippen molar-refractivity contribution >= 4 is 11.6 Å². The molecular weight excluding hydrogens is 366 g/mol. The highest BCUT2D eigenvalue weighted by atomic mass is 16.5. The average Bonchev–Trinajstić information content (AvgIpc) is 3.29. The number of carbonyl (C=O) groups is 1. The fraction of sp³-hybridized carbons (Fsp3) is 0.348. The van der Waals surface area contributed by atoms with Gasteiger partial charge >= 0.3 is 0 Å². The minimum atomic E-state index is -0.104. The predicted molar refractivity (Wildman–Crippen MR) is 111 cm³/mol. The molecule has 2 heterocycles. The normalized spacial score (nSPS) is 16.7. The van der Waals surface area contributed by atoms with Gasteiger partial charge in [0.05, 0.1) is 12.0 Å². The first kappa shape index (κ1) is 19.2. The van der Waals surface area contributed by atoms with Gasteiger partial charge in [0.2, 0.25) is 17.6 Å². The minimum absolute atomic E-state index is 0.0805. The van der Waals surface area contributed by atoms with Gasteiger partial charge in [-0.1, -0.05) is 22.9 Å². The van der Waals surface area contributed by atoms with Crippen LogP contribution in [-0.2, 0) is 4.79 Å². The number of hydrogen-bond acceptors (Lipinski definition) is 5. The monoisotopic (exact) mass is 391 g/mol. The third-order valence-corrected chi connectivity index (χ3v) is 5.04. The second-order valence-corrected chi connectivity index (χ2v) is 7.84. The largest absolute Gasteiger partial charge is 0.491 e. The Morgan fingerprint density at radius 3 is 2.59 bits per heavy atom. The van der Waals surface area contributed by atoms with Gasteiger partial charge in [0.25, 0.3) is 0 Å². The number of amides is 1. The minimum Gasteiger partial charge on any atom is -0.491 e. The lowest BCUT2D eigenvalue weighted by Gasteiger charge is -2.19. The molecule has 0 aliphatic carbocycles. The third-order valence-electron chi connectivity index (χ3n) is 5.04. The molecule has 6 heteroatoms. The summed E-state index contributed by atoms with van der Waals surface area (Å²) in [6.07, 6.45) is 0.494. The van der Waals surface area contributed by atoms with Gasteiger partial charge in [-0.2, -0.15) is 4.98 Å². The van der Waals surface area contributed by atoms with E-state index in [2.05, 4.69) is 16.2 Å². The Kier molecular flexibility index (Phi) is 5.09. The summed E-state index contributed by atoms with van der Waals surface area (Å²) in [4.78, 5) is 19.0. The van der Waals surface area contributed by atoms with E-state index >= 15 is 0 Å². The summed E-state index contributed by atoms with van der Waals surface area (Å²) >= 11 is 0. The fourth-order valence-corrected chi connectivity index (χ4v) is 3.69. The van der Waals surface area contributed by atoms with Crippen LogP contribution >= 0.6 is 0 Å². The van der Waals surface area contributed by atoms with Crippen LogP contribution in [0.3, 0.4) is 0 Å². The summed E-state index contributed by atoms with van der Waals surface area (Å²) in [5.74, 6) is 1.81. The summed E-state index contributed by atoms with van der Waals surface area (Å²) in [7, 11) is 0. The van der Waals surface area contributed by atoms with Gasteiger partial charge in [-0.15, -0.1) is 0 Å². The molecule has 1 fully saturated rings. The molecule has 1 atom stereocenters. The summed E-state index contributed by atoms with van der Waals surface area (Å²) in [5.41, 5.74) is 4.07. The third kappa shape index (κ3) is 4.01. The van der Waals surface area contributed by atoms with E-state index < -0.39 is 0 Å². The van der Waals surface area contributed by atoms with Gasteiger partial charge in [0.1, 0.15) is 5.75 Å². The SMILES string of the molecule is Cc1ccc(N2CC(c3nc(-c4ccc(OC(C)C)cc4)no3)CC2=O)c(C)c1. The van der Waals surface area contributed by atoms with Crippen molar-refractivity contribution < 1.29 is 14.1 Å². The Morgan fingerprint density at radius 1 is 1.14 bits per heavy atom. The van der Waals surface area contributed by atoms with Gasteiger partial charge in [0, 0.05) is 24.2 Å². The topological polar surface area (TPSA) is 68.5 Å². The molecular formula is C23H25N3O3. The van der Waals surface area contributed by atoms with E-state index in [9.17, 15) is 4.79 Å². The van der Waals surface area contributed by atoms with Crippen molar-refractivity contribution in [1.29, 1.82) is 0 Å². The molecule has 0 N–H and O–H groups in total. The van der Waals surface area contributed by atoms with Gasteiger partial charge in [-0.25, -0.2) is 0 Å². The highest BCUT2D eigenvalue weighted by Gasteiger charge is 2.35. The van der Waals surface area contributed by atoms with E-state index in [0.717, 1.165) is 22.6 Å². The van der Waals surface area contributed by atoms with Gasteiger partial charge in [-0.3, -0.25) is 4.79 Å². The molecule has 1 aromatic heterocycles. The summed E-state index contributed by atoms with van der Waals surface area (Å²) in [6.45, 7) is 8.60. The van der Waals surface area contributed by atoms with Crippen LogP contribution in [-0.4, -0.2) is 28.7 Å². The number of anilines is 1. The number of nitrogens with zero attached hydrogens (tertiary/aromatic N) is 3. The zero-order chi connectivity index (χ0) is 20.5. The lowest BCUT2D eigenvalue weighted by atomic mass is 10.1. The van der Waals surface area contributed by atoms with Crippen LogP contribution in [0.25, 0.3) is 11.4 Å². The van der Waals surface area contributed by atoms with Crippen LogP contribution in [0.1, 0.15) is 43.2 Å². The van der Waals surface area contributed by atoms with Crippen molar-refractivity contribution in [3.05, 3.63) is 59.5 Å². The van der Waals surface area contributed by atoms with Crippen molar-refractivity contribution in [2.24, 2.45) is 0 Å². The summed E-state index contributed by atoms with van der Waals surface area (Å²) in [6, 6.07) is 13.7. The molecule has 4 rings (SSSR count). The lowest BCUT2D eigenvalue weighted by molar-refractivity contribution is -0.117. The van der Waals surface area contributed by atoms with Crippen LogP contribution in [0.4, 0.5) is 5.69 Å². The first-order valence-corrected chi connectivity index (χ1v) is 9.89. The van der Waals surface area contributed by atoms with Crippen LogP contribution in [0.5, 0.6) is 5.75 Å². The second-order valence-electron chi connectivity index (χ2n) is 7.84. The maximum atomic E-state index is 12.6. The maximum Gasteiger partial charge on any atom is 0.232 e. The van der Waals surface area contributed by atoms with Crippen molar-refractivity contribution in [3.63, 3.8) is 0 Å². The Morgan fingerprint density at radius 2 is 1.90 bits per heavy atom. The molecule has 1 saturated heterocycles. The summed E-state index contributed by atoms with van der Waals surface area (Å²) < 4.78 is 11.2. The number of benzene rings is 2. The average molecular weight is 391 g/mol. The first-order valence-electron chi connectivity index (χ1n) is 9.89. The lowest BCUT2D eigenvalue weighted by Crippen LogP contribution is -2.25. The van der Waals surface area contributed by atoms with Crippen molar-refractivity contribution in [1.82, 2.24) is 10.1 Å². The fourth-order valence-electron chi connectivity index (χ4n) is 3.69. The maximum absolute atomic E-state index is 12.6. The van der Waals surface area contributed by atoms with Gasteiger partial charge in [-0.05, 0) is 63.6 Å². The molecule has 6 nitrogen and oxygen atoms in total. The Hall–Kier alpha value is -3.15. The van der Waals surface area contributed by atoms with E-state index in [1.165, 1.54) is 5.56 Å².